The van der Waals surface area contributed by atoms with Crippen LogP contribution in [0, 0.1) is 0 Å². The third kappa shape index (κ3) is 5.26. The molecule has 0 aliphatic heterocycles. The first-order valence-corrected chi connectivity index (χ1v) is 7.90. The molecule has 3 heteroatoms. The number of rotatable bonds is 7. The van der Waals surface area contributed by atoms with Gasteiger partial charge in [0.1, 0.15) is 0 Å². The van der Waals surface area contributed by atoms with Crippen molar-refractivity contribution in [2.45, 2.75) is 38.4 Å². The van der Waals surface area contributed by atoms with Crippen molar-refractivity contribution < 1.29 is 4.79 Å². The lowest BCUT2D eigenvalue weighted by molar-refractivity contribution is 0.0994. The van der Waals surface area contributed by atoms with E-state index in [9.17, 15) is 4.79 Å². The fourth-order valence-electron chi connectivity index (χ4n) is 1.54. The summed E-state index contributed by atoms with van der Waals surface area (Å²) in [6, 6.07) is 7.61. The van der Waals surface area contributed by atoms with Crippen LogP contribution in [0.3, 0.4) is 0 Å². The van der Waals surface area contributed by atoms with E-state index in [4.69, 9.17) is 0 Å². The number of benzene rings is 1. The molecule has 1 aromatic rings. The van der Waals surface area contributed by atoms with Gasteiger partial charge in [0.2, 0.25) is 0 Å². The maximum absolute atomic E-state index is 12.1. The van der Waals surface area contributed by atoms with Gasteiger partial charge in [-0.25, -0.2) is 0 Å². The molecular weight excluding hydrogens is 296 g/mol. The van der Waals surface area contributed by atoms with Gasteiger partial charge in [-0.2, -0.15) is 11.8 Å². The minimum absolute atomic E-state index is 0.0630. The summed E-state index contributed by atoms with van der Waals surface area (Å²) in [5, 5.41) is 0.0630. The SMILES string of the molecule is CCCCCSC(C)C(=O)c1ccc(Br)cc1. The molecule has 1 rings (SSSR count). The summed E-state index contributed by atoms with van der Waals surface area (Å²) in [7, 11) is 0. The first-order valence-electron chi connectivity index (χ1n) is 6.06. The van der Waals surface area contributed by atoms with E-state index in [0.29, 0.717) is 0 Å². The normalized spacial score (nSPS) is 12.4. The molecule has 1 aromatic carbocycles. The lowest BCUT2D eigenvalue weighted by atomic mass is 10.1. The molecule has 0 aromatic heterocycles. The summed E-state index contributed by atoms with van der Waals surface area (Å²) in [5.74, 6) is 1.32. The molecule has 0 saturated carbocycles. The Kier molecular flexibility index (Phi) is 6.90. The van der Waals surface area contributed by atoms with E-state index >= 15 is 0 Å². The summed E-state index contributed by atoms with van der Waals surface area (Å²) < 4.78 is 1.01. The zero-order chi connectivity index (χ0) is 12.7. The second kappa shape index (κ2) is 7.93. The van der Waals surface area contributed by atoms with Gasteiger partial charge in [-0.3, -0.25) is 4.79 Å². The van der Waals surface area contributed by atoms with Crippen molar-refractivity contribution in [1.29, 1.82) is 0 Å². The highest BCUT2D eigenvalue weighted by Gasteiger charge is 2.14. The Balaban J connectivity index is 2.43. The number of halogens is 1. The molecular formula is C14H19BrOS. The lowest BCUT2D eigenvalue weighted by Gasteiger charge is -2.10. The number of thioether (sulfide) groups is 1. The Morgan fingerprint density at radius 3 is 2.53 bits per heavy atom. The lowest BCUT2D eigenvalue weighted by Crippen LogP contribution is -2.14. The summed E-state index contributed by atoms with van der Waals surface area (Å²) in [5.41, 5.74) is 0.809. The Morgan fingerprint density at radius 1 is 1.29 bits per heavy atom. The van der Waals surface area contributed by atoms with Crippen molar-refractivity contribution in [1.82, 2.24) is 0 Å². The van der Waals surface area contributed by atoms with Crippen molar-refractivity contribution in [3.8, 4) is 0 Å². The number of ketones is 1. The fraction of sp³-hybridized carbons (Fsp3) is 0.500. The van der Waals surface area contributed by atoms with E-state index in [1.54, 1.807) is 11.8 Å². The van der Waals surface area contributed by atoms with Crippen molar-refractivity contribution >= 4 is 33.5 Å². The van der Waals surface area contributed by atoms with E-state index in [1.165, 1.54) is 19.3 Å². The van der Waals surface area contributed by atoms with Gasteiger partial charge >= 0.3 is 0 Å². The van der Waals surface area contributed by atoms with Gasteiger partial charge in [0.25, 0.3) is 0 Å². The Hall–Kier alpha value is -0.280. The van der Waals surface area contributed by atoms with Gasteiger partial charge in [0.05, 0.1) is 5.25 Å². The van der Waals surface area contributed by atoms with E-state index in [-0.39, 0.29) is 11.0 Å². The van der Waals surface area contributed by atoms with E-state index < -0.39 is 0 Å². The number of carbonyl (C=O) groups excluding carboxylic acids is 1. The standard InChI is InChI=1S/C14H19BrOS/c1-3-4-5-10-17-11(2)14(16)12-6-8-13(15)9-7-12/h6-9,11H,3-5,10H2,1-2H3. The van der Waals surface area contributed by atoms with Gasteiger partial charge in [-0.1, -0.05) is 47.8 Å². The van der Waals surface area contributed by atoms with Crippen LogP contribution in [0.2, 0.25) is 0 Å². The third-order valence-electron chi connectivity index (χ3n) is 2.61. The Labute approximate surface area is 117 Å². The van der Waals surface area contributed by atoms with E-state index in [0.717, 1.165) is 15.8 Å². The molecule has 1 nitrogen and oxygen atoms in total. The maximum Gasteiger partial charge on any atom is 0.175 e. The van der Waals surface area contributed by atoms with Crippen LogP contribution in [-0.4, -0.2) is 16.8 Å². The number of Topliss-reactive ketones (excluding diaryl/α,β-unsaturated/α-hetero) is 1. The highest BCUT2D eigenvalue weighted by Crippen LogP contribution is 2.19. The molecule has 0 bridgehead atoms. The number of hydrogen-bond acceptors (Lipinski definition) is 2. The number of unbranched alkanes of at least 4 members (excludes halogenated alkanes) is 2. The van der Waals surface area contributed by atoms with Gasteiger partial charge in [-0.15, -0.1) is 0 Å². The fourth-order valence-corrected chi connectivity index (χ4v) is 2.81. The average Bonchev–Trinajstić information content (AvgIpc) is 2.34. The van der Waals surface area contributed by atoms with Crippen molar-refractivity contribution in [2.75, 3.05) is 5.75 Å². The summed E-state index contributed by atoms with van der Waals surface area (Å²) in [6.45, 7) is 4.20. The van der Waals surface area contributed by atoms with Gasteiger partial charge in [0, 0.05) is 10.0 Å². The molecule has 0 spiro atoms. The molecule has 0 aliphatic carbocycles. The molecule has 0 saturated heterocycles. The molecule has 0 N–H and O–H groups in total. The van der Waals surface area contributed by atoms with E-state index in [2.05, 4.69) is 22.9 Å². The second-order valence-electron chi connectivity index (χ2n) is 4.09. The average molecular weight is 315 g/mol. The molecule has 17 heavy (non-hydrogen) atoms. The van der Waals surface area contributed by atoms with Crippen LogP contribution in [0.25, 0.3) is 0 Å². The molecule has 0 amide bonds. The largest absolute Gasteiger partial charge is 0.293 e. The van der Waals surface area contributed by atoms with Crippen LogP contribution in [0.15, 0.2) is 28.7 Å². The Bertz CT molecular complexity index is 348. The highest BCUT2D eigenvalue weighted by molar-refractivity contribution is 9.10. The quantitative estimate of drug-likeness (QED) is 0.523. The minimum atomic E-state index is 0.0630. The summed E-state index contributed by atoms with van der Waals surface area (Å²) >= 11 is 5.14. The zero-order valence-electron chi connectivity index (χ0n) is 10.4. The highest BCUT2D eigenvalue weighted by atomic mass is 79.9. The first-order chi connectivity index (χ1) is 8.15. The molecule has 0 radical (unpaired) electrons. The third-order valence-corrected chi connectivity index (χ3v) is 4.38. The van der Waals surface area contributed by atoms with Gasteiger partial charge < -0.3 is 0 Å². The molecule has 0 aliphatic rings. The molecule has 1 unspecified atom stereocenters. The van der Waals surface area contributed by atoms with Crippen molar-refractivity contribution in [3.63, 3.8) is 0 Å². The predicted octanol–water partition coefficient (Wildman–Crippen LogP) is 4.94. The molecule has 0 fully saturated rings. The summed E-state index contributed by atoms with van der Waals surface area (Å²) in [4.78, 5) is 12.1. The van der Waals surface area contributed by atoms with Crippen molar-refractivity contribution in [2.24, 2.45) is 0 Å². The van der Waals surface area contributed by atoms with E-state index in [1.807, 2.05) is 31.2 Å². The Morgan fingerprint density at radius 2 is 1.94 bits per heavy atom. The smallest absolute Gasteiger partial charge is 0.175 e. The molecule has 0 heterocycles. The van der Waals surface area contributed by atoms with Gasteiger partial charge in [-0.05, 0) is 31.2 Å². The molecule has 1 atom stereocenters. The van der Waals surface area contributed by atoms with Crippen LogP contribution in [0.5, 0.6) is 0 Å². The topological polar surface area (TPSA) is 17.1 Å². The number of hydrogen-bond donors (Lipinski definition) is 0. The minimum Gasteiger partial charge on any atom is -0.293 e. The summed E-state index contributed by atoms with van der Waals surface area (Å²) in [6.07, 6.45) is 3.70. The van der Waals surface area contributed by atoms with Gasteiger partial charge in [0.15, 0.2) is 5.78 Å². The molecule has 94 valence electrons. The van der Waals surface area contributed by atoms with Crippen LogP contribution in [0.4, 0.5) is 0 Å². The van der Waals surface area contributed by atoms with Crippen LogP contribution < -0.4 is 0 Å². The zero-order valence-corrected chi connectivity index (χ0v) is 12.8. The van der Waals surface area contributed by atoms with Crippen LogP contribution in [0.1, 0.15) is 43.5 Å². The first kappa shape index (κ1) is 14.8. The second-order valence-corrected chi connectivity index (χ2v) is 6.46. The van der Waals surface area contributed by atoms with Crippen molar-refractivity contribution in [3.05, 3.63) is 34.3 Å². The van der Waals surface area contributed by atoms with Crippen LogP contribution >= 0.6 is 27.7 Å². The number of carbonyl (C=O) groups is 1. The maximum atomic E-state index is 12.1. The predicted molar refractivity (Wildman–Crippen MR) is 79.9 cm³/mol. The monoisotopic (exact) mass is 314 g/mol. The van der Waals surface area contributed by atoms with Crippen LogP contribution in [-0.2, 0) is 0 Å².